The minimum Gasteiger partial charge on any atom is -0.369 e. The van der Waals surface area contributed by atoms with Crippen LogP contribution in [-0.2, 0) is 9.53 Å². The molecule has 0 N–H and O–H groups in total. The molecule has 0 aromatic rings. The Balaban J connectivity index is 2.72. The molecule has 0 atom stereocenters. The smallest absolute Gasteiger partial charge is 0.254 e. The molecule has 0 radical (unpaired) electrons. The molecule has 0 saturated heterocycles. The van der Waals surface area contributed by atoms with Crippen molar-refractivity contribution >= 4 is 5.91 Å². The Kier molecular flexibility index (Phi) is 5.60. The normalized spacial score (nSPS) is 17.4. The van der Waals surface area contributed by atoms with Crippen molar-refractivity contribution in [2.45, 2.75) is 51.2 Å². The van der Waals surface area contributed by atoms with Gasteiger partial charge in [0.25, 0.3) is 5.91 Å². The summed E-state index contributed by atoms with van der Waals surface area (Å²) in [5.74, 6) is 0.124. The average Bonchev–Trinajstić information content (AvgIpc) is 2.82. The number of hydrogen-bond acceptors (Lipinski definition) is 3. The summed E-state index contributed by atoms with van der Waals surface area (Å²) in [7, 11) is 5.69. The zero-order chi connectivity index (χ0) is 13.8. The van der Waals surface area contributed by atoms with Gasteiger partial charge in [0.2, 0.25) is 0 Å². The van der Waals surface area contributed by atoms with Crippen LogP contribution >= 0.6 is 0 Å². The molecule has 106 valence electrons. The van der Waals surface area contributed by atoms with Gasteiger partial charge in [-0.15, -0.1) is 0 Å². The van der Waals surface area contributed by atoms with Crippen LogP contribution in [0.15, 0.2) is 0 Å². The fourth-order valence-electron chi connectivity index (χ4n) is 2.41. The molecule has 1 aliphatic carbocycles. The number of carbonyl (C=O) groups is 1. The molecule has 0 spiro atoms. The zero-order valence-corrected chi connectivity index (χ0v) is 12.5. The van der Waals surface area contributed by atoms with E-state index in [9.17, 15) is 4.79 Å². The molecule has 1 rings (SSSR count). The Hall–Kier alpha value is -0.610. The van der Waals surface area contributed by atoms with Crippen molar-refractivity contribution in [3.05, 3.63) is 0 Å². The molecular formula is C14H28N2O2. The third-order valence-corrected chi connectivity index (χ3v) is 3.84. The van der Waals surface area contributed by atoms with E-state index in [0.717, 1.165) is 25.9 Å². The van der Waals surface area contributed by atoms with Gasteiger partial charge in [0.05, 0.1) is 0 Å². The molecule has 1 fully saturated rings. The van der Waals surface area contributed by atoms with Crippen LogP contribution in [0.2, 0.25) is 0 Å². The molecule has 1 saturated carbocycles. The lowest BCUT2D eigenvalue weighted by atomic mass is 10.1. The second-order valence-electron chi connectivity index (χ2n) is 5.95. The van der Waals surface area contributed by atoms with E-state index in [1.165, 1.54) is 12.8 Å². The first-order valence-corrected chi connectivity index (χ1v) is 6.89. The standard InChI is InChI=1S/C14H28N2O2/c1-14(2,18-5)13(17)16(11-10-15(3)4)12-8-6-7-9-12/h12H,6-11H2,1-5H3. The summed E-state index contributed by atoms with van der Waals surface area (Å²) in [6.45, 7) is 5.41. The monoisotopic (exact) mass is 256 g/mol. The van der Waals surface area contributed by atoms with Gasteiger partial charge in [-0.2, -0.15) is 0 Å². The Morgan fingerprint density at radius 3 is 2.22 bits per heavy atom. The maximum Gasteiger partial charge on any atom is 0.254 e. The molecule has 0 aromatic heterocycles. The van der Waals surface area contributed by atoms with E-state index in [1.807, 2.05) is 32.8 Å². The zero-order valence-electron chi connectivity index (χ0n) is 12.5. The van der Waals surface area contributed by atoms with Gasteiger partial charge in [-0.25, -0.2) is 0 Å². The van der Waals surface area contributed by atoms with E-state index < -0.39 is 5.60 Å². The fourth-order valence-corrected chi connectivity index (χ4v) is 2.41. The minimum atomic E-state index is -0.713. The van der Waals surface area contributed by atoms with Gasteiger partial charge in [-0.1, -0.05) is 12.8 Å². The quantitative estimate of drug-likeness (QED) is 0.726. The molecular weight excluding hydrogens is 228 g/mol. The number of nitrogens with zero attached hydrogens (tertiary/aromatic N) is 2. The van der Waals surface area contributed by atoms with Crippen LogP contribution in [0.3, 0.4) is 0 Å². The Bertz CT molecular complexity index is 271. The van der Waals surface area contributed by atoms with Crippen LogP contribution < -0.4 is 0 Å². The molecule has 0 unspecified atom stereocenters. The topological polar surface area (TPSA) is 32.8 Å². The molecule has 1 amide bonds. The van der Waals surface area contributed by atoms with E-state index in [4.69, 9.17) is 4.74 Å². The van der Waals surface area contributed by atoms with E-state index in [2.05, 4.69) is 4.90 Å². The van der Waals surface area contributed by atoms with Crippen LogP contribution in [0.1, 0.15) is 39.5 Å². The van der Waals surface area contributed by atoms with E-state index in [1.54, 1.807) is 7.11 Å². The van der Waals surface area contributed by atoms with E-state index >= 15 is 0 Å². The maximum absolute atomic E-state index is 12.6. The lowest BCUT2D eigenvalue weighted by molar-refractivity contribution is -0.153. The average molecular weight is 256 g/mol. The summed E-state index contributed by atoms with van der Waals surface area (Å²) in [5.41, 5.74) is -0.713. The number of ether oxygens (including phenoxy) is 1. The first-order valence-electron chi connectivity index (χ1n) is 6.89. The highest BCUT2D eigenvalue weighted by molar-refractivity contribution is 5.84. The van der Waals surface area contributed by atoms with E-state index in [-0.39, 0.29) is 5.91 Å². The summed E-state index contributed by atoms with van der Waals surface area (Å²) in [4.78, 5) is 16.7. The van der Waals surface area contributed by atoms with Crippen molar-refractivity contribution in [1.82, 2.24) is 9.80 Å². The highest BCUT2D eigenvalue weighted by atomic mass is 16.5. The second-order valence-corrected chi connectivity index (χ2v) is 5.95. The van der Waals surface area contributed by atoms with Crippen molar-refractivity contribution in [2.24, 2.45) is 0 Å². The predicted molar refractivity (Wildman–Crippen MR) is 73.6 cm³/mol. The SMILES string of the molecule is COC(C)(C)C(=O)N(CCN(C)C)C1CCCC1. The third-order valence-electron chi connectivity index (χ3n) is 3.84. The fraction of sp³-hybridized carbons (Fsp3) is 0.929. The van der Waals surface area contributed by atoms with Crippen LogP contribution in [0.25, 0.3) is 0 Å². The lowest BCUT2D eigenvalue weighted by Crippen LogP contribution is -2.51. The molecule has 0 aliphatic heterocycles. The van der Waals surface area contributed by atoms with Gasteiger partial charge in [0.15, 0.2) is 0 Å². The third kappa shape index (κ3) is 3.95. The van der Waals surface area contributed by atoms with Crippen molar-refractivity contribution in [3.8, 4) is 0 Å². The van der Waals surface area contributed by atoms with Gasteiger partial charge >= 0.3 is 0 Å². The summed E-state index contributed by atoms with van der Waals surface area (Å²) in [6.07, 6.45) is 4.76. The van der Waals surface area contributed by atoms with Gasteiger partial charge in [0, 0.05) is 26.2 Å². The van der Waals surface area contributed by atoms with Crippen LogP contribution in [0, 0.1) is 0 Å². The second kappa shape index (κ2) is 6.53. The van der Waals surface area contributed by atoms with Gasteiger partial charge < -0.3 is 14.5 Å². The van der Waals surface area contributed by atoms with Crippen LogP contribution in [0.5, 0.6) is 0 Å². The number of amides is 1. The molecule has 4 heteroatoms. The highest BCUT2D eigenvalue weighted by Gasteiger charge is 2.36. The Labute approximate surface area is 111 Å². The molecule has 0 bridgehead atoms. The Morgan fingerprint density at radius 1 is 1.22 bits per heavy atom. The number of carbonyl (C=O) groups excluding carboxylic acids is 1. The highest BCUT2D eigenvalue weighted by Crippen LogP contribution is 2.26. The number of hydrogen-bond donors (Lipinski definition) is 0. The van der Waals surface area contributed by atoms with Gasteiger partial charge in [-0.3, -0.25) is 4.79 Å². The molecule has 4 nitrogen and oxygen atoms in total. The minimum absolute atomic E-state index is 0.124. The van der Waals surface area contributed by atoms with Crippen molar-refractivity contribution in [1.29, 1.82) is 0 Å². The van der Waals surface area contributed by atoms with Gasteiger partial charge in [-0.05, 0) is 40.8 Å². The van der Waals surface area contributed by atoms with Gasteiger partial charge in [0.1, 0.15) is 5.60 Å². The largest absolute Gasteiger partial charge is 0.369 e. The Morgan fingerprint density at radius 2 is 1.78 bits per heavy atom. The predicted octanol–water partition coefficient (Wildman–Crippen LogP) is 1.74. The summed E-state index contributed by atoms with van der Waals surface area (Å²) >= 11 is 0. The molecule has 1 aliphatic rings. The summed E-state index contributed by atoms with van der Waals surface area (Å²) < 4.78 is 5.34. The first kappa shape index (κ1) is 15.4. The molecule has 0 heterocycles. The summed E-state index contributed by atoms with van der Waals surface area (Å²) in [5, 5.41) is 0. The molecule has 18 heavy (non-hydrogen) atoms. The van der Waals surface area contributed by atoms with E-state index in [0.29, 0.717) is 6.04 Å². The number of rotatable bonds is 6. The summed E-state index contributed by atoms with van der Waals surface area (Å²) in [6, 6.07) is 0.409. The number of likely N-dealkylation sites (N-methyl/N-ethyl adjacent to an activating group) is 1. The lowest BCUT2D eigenvalue weighted by Gasteiger charge is -2.35. The van der Waals surface area contributed by atoms with Crippen LogP contribution in [0.4, 0.5) is 0 Å². The van der Waals surface area contributed by atoms with Crippen LogP contribution in [-0.4, -0.2) is 61.6 Å². The maximum atomic E-state index is 12.6. The molecule has 0 aromatic carbocycles. The van der Waals surface area contributed by atoms with Crippen molar-refractivity contribution < 1.29 is 9.53 Å². The van der Waals surface area contributed by atoms with Crippen molar-refractivity contribution in [2.75, 3.05) is 34.3 Å². The first-order chi connectivity index (χ1) is 8.38. The van der Waals surface area contributed by atoms with Crippen molar-refractivity contribution in [3.63, 3.8) is 0 Å². The number of methoxy groups -OCH3 is 1.